The van der Waals surface area contributed by atoms with Gasteiger partial charge in [-0.3, -0.25) is 4.79 Å². The van der Waals surface area contributed by atoms with Crippen LogP contribution < -0.4 is 11.1 Å². The maximum Gasteiger partial charge on any atom is 0.317 e. The molecule has 0 aromatic rings. The van der Waals surface area contributed by atoms with E-state index in [2.05, 4.69) is 5.32 Å². The van der Waals surface area contributed by atoms with Gasteiger partial charge in [0.2, 0.25) is 5.91 Å². The maximum absolute atomic E-state index is 11.8. The molecule has 0 bridgehead atoms. The van der Waals surface area contributed by atoms with E-state index in [1.165, 1.54) is 0 Å². The number of carbonyl (C=O) groups excluding carboxylic acids is 2. The molecule has 3 amide bonds. The molecule has 1 unspecified atom stereocenters. The van der Waals surface area contributed by atoms with Gasteiger partial charge in [0.25, 0.3) is 0 Å². The summed E-state index contributed by atoms with van der Waals surface area (Å²) in [6.07, 6.45) is 0. The summed E-state index contributed by atoms with van der Waals surface area (Å²) in [5, 5.41) is 2.77. The summed E-state index contributed by atoms with van der Waals surface area (Å²) < 4.78 is 5.12. The van der Waals surface area contributed by atoms with Crippen LogP contribution in [0.4, 0.5) is 4.79 Å². The minimum Gasteiger partial charge on any atom is -0.370 e. The molecule has 0 aromatic carbocycles. The molecule has 7 nitrogen and oxygen atoms in total. The molecular formula is C10H18N4O3. The van der Waals surface area contributed by atoms with E-state index in [1.54, 1.807) is 9.80 Å². The van der Waals surface area contributed by atoms with Crippen molar-refractivity contribution in [1.29, 1.82) is 0 Å². The first-order chi connectivity index (χ1) is 8.22. The van der Waals surface area contributed by atoms with Gasteiger partial charge in [-0.05, 0) is 0 Å². The fourth-order valence-electron chi connectivity index (χ4n) is 2.16. The average Bonchev–Trinajstić information content (AvgIpc) is 2.71. The monoisotopic (exact) mass is 242 g/mol. The van der Waals surface area contributed by atoms with E-state index in [0.29, 0.717) is 39.3 Å². The number of nitrogens with zero attached hydrogens (tertiary/aromatic N) is 2. The van der Waals surface area contributed by atoms with Crippen molar-refractivity contribution in [1.82, 2.24) is 15.1 Å². The van der Waals surface area contributed by atoms with Crippen LogP contribution in [0, 0.1) is 0 Å². The molecule has 0 spiro atoms. The standard InChI is InChI=1S/C10H18N4O3/c11-1-4-17-7-9(15)13-2-3-14-8(6-13)5-12-10(14)16/h8H,1-7,11H2,(H,12,16). The van der Waals surface area contributed by atoms with E-state index >= 15 is 0 Å². The van der Waals surface area contributed by atoms with Crippen LogP contribution in [0.1, 0.15) is 0 Å². The predicted octanol–water partition coefficient (Wildman–Crippen LogP) is -1.80. The fourth-order valence-corrected chi connectivity index (χ4v) is 2.16. The molecule has 0 aliphatic carbocycles. The van der Waals surface area contributed by atoms with E-state index in [4.69, 9.17) is 10.5 Å². The van der Waals surface area contributed by atoms with E-state index in [0.717, 1.165) is 0 Å². The number of nitrogens with two attached hydrogens (primary N) is 1. The third-order valence-corrected chi connectivity index (χ3v) is 3.07. The number of piperazine rings is 1. The van der Waals surface area contributed by atoms with E-state index in [9.17, 15) is 9.59 Å². The van der Waals surface area contributed by atoms with Gasteiger partial charge in [0.1, 0.15) is 6.61 Å². The van der Waals surface area contributed by atoms with Crippen LogP contribution in [0.15, 0.2) is 0 Å². The van der Waals surface area contributed by atoms with Crippen molar-refractivity contribution >= 4 is 11.9 Å². The number of amides is 3. The van der Waals surface area contributed by atoms with Gasteiger partial charge in [0.05, 0.1) is 12.6 Å². The summed E-state index contributed by atoms with van der Waals surface area (Å²) >= 11 is 0. The molecule has 0 radical (unpaired) electrons. The Morgan fingerprint density at radius 3 is 3.12 bits per heavy atom. The topological polar surface area (TPSA) is 87.9 Å². The predicted molar refractivity (Wildman–Crippen MR) is 60.3 cm³/mol. The average molecular weight is 242 g/mol. The normalized spacial score (nSPS) is 23.6. The highest BCUT2D eigenvalue weighted by Gasteiger charge is 2.36. The third kappa shape index (κ3) is 2.67. The molecule has 7 heteroatoms. The molecule has 0 aromatic heterocycles. The zero-order valence-corrected chi connectivity index (χ0v) is 9.72. The number of urea groups is 1. The lowest BCUT2D eigenvalue weighted by Crippen LogP contribution is -2.54. The van der Waals surface area contributed by atoms with Crippen molar-refractivity contribution in [3.63, 3.8) is 0 Å². The molecule has 0 saturated carbocycles. The van der Waals surface area contributed by atoms with Gasteiger partial charge < -0.3 is 25.6 Å². The van der Waals surface area contributed by atoms with Crippen molar-refractivity contribution in [2.24, 2.45) is 5.73 Å². The highest BCUT2D eigenvalue weighted by atomic mass is 16.5. The number of nitrogens with one attached hydrogen (secondary N) is 1. The van der Waals surface area contributed by atoms with Gasteiger partial charge in [-0.15, -0.1) is 0 Å². The Kier molecular flexibility index (Phi) is 3.80. The molecule has 2 heterocycles. The van der Waals surface area contributed by atoms with Crippen LogP contribution in [0.5, 0.6) is 0 Å². The number of hydrogen-bond acceptors (Lipinski definition) is 4. The van der Waals surface area contributed by atoms with Crippen molar-refractivity contribution in [3.05, 3.63) is 0 Å². The van der Waals surface area contributed by atoms with Gasteiger partial charge in [-0.2, -0.15) is 0 Å². The Hall–Kier alpha value is -1.34. The Balaban J connectivity index is 1.80. The van der Waals surface area contributed by atoms with E-state index < -0.39 is 0 Å². The Labute approximate surface area is 99.9 Å². The summed E-state index contributed by atoms with van der Waals surface area (Å²) in [5.74, 6) is -0.0301. The number of carbonyl (C=O) groups is 2. The number of rotatable bonds is 4. The molecule has 2 rings (SSSR count). The van der Waals surface area contributed by atoms with E-state index in [1.807, 2.05) is 0 Å². The molecule has 96 valence electrons. The molecule has 2 aliphatic heterocycles. The van der Waals surface area contributed by atoms with Crippen molar-refractivity contribution in [2.45, 2.75) is 6.04 Å². The number of fused-ring (bicyclic) bond motifs is 1. The molecule has 2 saturated heterocycles. The van der Waals surface area contributed by atoms with Gasteiger partial charge >= 0.3 is 6.03 Å². The largest absolute Gasteiger partial charge is 0.370 e. The number of hydrogen-bond donors (Lipinski definition) is 2. The number of ether oxygens (including phenoxy) is 1. The van der Waals surface area contributed by atoms with Gasteiger partial charge in [0.15, 0.2) is 0 Å². The lowest BCUT2D eigenvalue weighted by atomic mass is 10.2. The summed E-state index contributed by atoms with van der Waals surface area (Å²) in [5.41, 5.74) is 5.28. The third-order valence-electron chi connectivity index (χ3n) is 3.07. The second kappa shape index (κ2) is 5.33. The molecular weight excluding hydrogens is 224 g/mol. The molecule has 1 atom stereocenters. The second-order valence-electron chi connectivity index (χ2n) is 4.21. The van der Waals surface area contributed by atoms with Crippen molar-refractivity contribution in [2.75, 3.05) is 45.9 Å². The summed E-state index contributed by atoms with van der Waals surface area (Å²) in [6, 6.07) is 0.0798. The SMILES string of the molecule is NCCOCC(=O)N1CCN2C(=O)NCC2C1. The first kappa shape index (κ1) is 12.1. The van der Waals surface area contributed by atoms with Crippen molar-refractivity contribution in [3.8, 4) is 0 Å². The Bertz CT molecular complexity index is 310. The Morgan fingerprint density at radius 2 is 2.35 bits per heavy atom. The highest BCUT2D eigenvalue weighted by molar-refractivity contribution is 5.80. The van der Waals surface area contributed by atoms with E-state index in [-0.39, 0.29) is 24.6 Å². The van der Waals surface area contributed by atoms with Crippen LogP contribution in [-0.2, 0) is 9.53 Å². The fraction of sp³-hybridized carbons (Fsp3) is 0.800. The highest BCUT2D eigenvalue weighted by Crippen LogP contribution is 2.14. The lowest BCUT2D eigenvalue weighted by Gasteiger charge is -2.36. The van der Waals surface area contributed by atoms with Crippen LogP contribution >= 0.6 is 0 Å². The summed E-state index contributed by atoms with van der Waals surface area (Å²) in [7, 11) is 0. The maximum atomic E-state index is 11.8. The van der Waals surface area contributed by atoms with Crippen LogP contribution in [0.3, 0.4) is 0 Å². The molecule has 2 fully saturated rings. The first-order valence-electron chi connectivity index (χ1n) is 5.82. The quantitative estimate of drug-likeness (QED) is 0.569. The van der Waals surface area contributed by atoms with Gasteiger partial charge in [0, 0.05) is 32.7 Å². The Morgan fingerprint density at radius 1 is 1.53 bits per heavy atom. The first-order valence-corrected chi connectivity index (χ1v) is 5.82. The summed E-state index contributed by atoms with van der Waals surface area (Å²) in [6.45, 7) is 3.27. The second-order valence-corrected chi connectivity index (χ2v) is 4.21. The minimum absolute atomic E-state index is 0.0264. The zero-order valence-electron chi connectivity index (χ0n) is 9.72. The molecule has 3 N–H and O–H groups in total. The van der Waals surface area contributed by atoms with Gasteiger partial charge in [-0.25, -0.2) is 4.79 Å². The smallest absolute Gasteiger partial charge is 0.317 e. The van der Waals surface area contributed by atoms with Crippen molar-refractivity contribution < 1.29 is 14.3 Å². The lowest BCUT2D eigenvalue weighted by molar-refractivity contribution is -0.138. The van der Waals surface area contributed by atoms with Crippen LogP contribution in [0.2, 0.25) is 0 Å². The zero-order chi connectivity index (χ0) is 12.3. The minimum atomic E-state index is -0.0301. The van der Waals surface area contributed by atoms with Crippen LogP contribution in [-0.4, -0.2) is 73.7 Å². The molecule has 2 aliphatic rings. The summed E-state index contributed by atoms with van der Waals surface area (Å²) in [4.78, 5) is 26.7. The van der Waals surface area contributed by atoms with Gasteiger partial charge in [-0.1, -0.05) is 0 Å². The van der Waals surface area contributed by atoms with Crippen LogP contribution in [0.25, 0.3) is 0 Å². The molecule has 17 heavy (non-hydrogen) atoms.